The molecular weight excluding hydrogens is 410 g/mol. The zero-order valence-corrected chi connectivity index (χ0v) is 17.7. The van der Waals surface area contributed by atoms with E-state index >= 15 is 0 Å². The molecule has 1 aliphatic heterocycles. The minimum Gasteiger partial charge on any atom is -0.480 e. The Kier molecular flexibility index (Phi) is 5.14. The van der Waals surface area contributed by atoms with E-state index in [9.17, 15) is 24.3 Å². The van der Waals surface area contributed by atoms with Crippen molar-refractivity contribution >= 4 is 46.5 Å². The number of urea groups is 1. The average Bonchev–Trinajstić information content (AvgIpc) is 3.12. The van der Waals surface area contributed by atoms with Crippen LogP contribution in [0.15, 0.2) is 54.2 Å². The number of barbiturate groups is 1. The summed E-state index contributed by atoms with van der Waals surface area (Å²) in [7, 11) is 0. The number of aryl methyl sites for hydroxylation is 2. The first-order valence-corrected chi connectivity index (χ1v) is 9.99. The molecule has 8 heteroatoms. The first kappa shape index (κ1) is 21.0. The van der Waals surface area contributed by atoms with E-state index in [2.05, 4.69) is 5.32 Å². The third-order valence-corrected chi connectivity index (χ3v) is 5.40. The maximum Gasteiger partial charge on any atom is 0.335 e. The van der Waals surface area contributed by atoms with Crippen molar-refractivity contribution in [3.63, 3.8) is 0 Å². The number of carboxylic acids is 1. The smallest absolute Gasteiger partial charge is 0.335 e. The number of aliphatic carboxylic acids is 1. The van der Waals surface area contributed by atoms with Crippen molar-refractivity contribution in [3.8, 4) is 0 Å². The first-order chi connectivity index (χ1) is 15.2. The van der Waals surface area contributed by atoms with E-state index in [-0.39, 0.29) is 5.57 Å². The average molecular weight is 431 g/mol. The number of carbonyl (C=O) groups is 4. The maximum atomic E-state index is 13.1. The fourth-order valence-electron chi connectivity index (χ4n) is 3.87. The molecule has 32 heavy (non-hydrogen) atoms. The SMILES string of the molecule is Cc1cc(C)cc(N2C(=O)NC(=O)/C(=C\c3ccc4c(ccn4[C@H](C)C(=O)O)c3)C2=O)c1. The minimum absolute atomic E-state index is 0.165. The maximum absolute atomic E-state index is 13.1. The van der Waals surface area contributed by atoms with Crippen LogP contribution in [-0.2, 0) is 14.4 Å². The first-order valence-electron chi connectivity index (χ1n) is 9.99. The number of hydrogen-bond acceptors (Lipinski definition) is 4. The molecule has 1 atom stereocenters. The van der Waals surface area contributed by atoms with Crippen LogP contribution in [0.3, 0.4) is 0 Å². The Morgan fingerprint density at radius 2 is 1.72 bits per heavy atom. The summed E-state index contributed by atoms with van der Waals surface area (Å²) in [4.78, 5) is 50.3. The number of rotatable bonds is 4. The van der Waals surface area contributed by atoms with Crippen molar-refractivity contribution in [2.45, 2.75) is 26.8 Å². The molecule has 1 saturated heterocycles. The van der Waals surface area contributed by atoms with Crippen LogP contribution in [0.4, 0.5) is 10.5 Å². The molecule has 0 bridgehead atoms. The molecule has 1 fully saturated rings. The zero-order valence-electron chi connectivity index (χ0n) is 17.7. The summed E-state index contributed by atoms with van der Waals surface area (Å²) >= 11 is 0. The largest absolute Gasteiger partial charge is 0.480 e. The number of amides is 4. The van der Waals surface area contributed by atoms with Gasteiger partial charge in [0, 0.05) is 17.1 Å². The second-order valence-electron chi connectivity index (χ2n) is 7.86. The number of carbonyl (C=O) groups excluding carboxylic acids is 3. The molecule has 162 valence electrons. The Labute approximate surface area is 183 Å². The molecule has 0 radical (unpaired) electrons. The van der Waals surface area contributed by atoms with Crippen LogP contribution >= 0.6 is 0 Å². The van der Waals surface area contributed by atoms with E-state index in [1.165, 1.54) is 6.08 Å². The second kappa shape index (κ2) is 7.81. The predicted octanol–water partition coefficient (Wildman–Crippen LogP) is 3.57. The van der Waals surface area contributed by atoms with Crippen molar-refractivity contribution in [3.05, 3.63) is 70.9 Å². The van der Waals surface area contributed by atoms with E-state index in [0.29, 0.717) is 16.8 Å². The van der Waals surface area contributed by atoms with Gasteiger partial charge in [-0.3, -0.25) is 14.9 Å². The van der Waals surface area contributed by atoms with E-state index in [1.807, 2.05) is 19.9 Å². The highest BCUT2D eigenvalue weighted by molar-refractivity contribution is 6.39. The van der Waals surface area contributed by atoms with Crippen molar-refractivity contribution < 1.29 is 24.3 Å². The molecule has 0 saturated carbocycles. The van der Waals surface area contributed by atoms with Crippen LogP contribution in [0.25, 0.3) is 17.0 Å². The molecule has 1 aliphatic rings. The number of nitrogens with zero attached hydrogens (tertiary/aromatic N) is 2. The summed E-state index contributed by atoms with van der Waals surface area (Å²) in [5.41, 5.74) is 3.28. The number of hydrogen-bond donors (Lipinski definition) is 2. The molecule has 4 amide bonds. The Balaban J connectivity index is 1.73. The molecule has 2 N–H and O–H groups in total. The van der Waals surface area contributed by atoms with Gasteiger partial charge in [0.15, 0.2) is 0 Å². The molecule has 1 aromatic heterocycles. The molecule has 0 unspecified atom stereocenters. The van der Waals surface area contributed by atoms with Gasteiger partial charge in [-0.2, -0.15) is 0 Å². The third-order valence-electron chi connectivity index (χ3n) is 5.40. The number of carboxylic acid groups (broad SMARTS) is 1. The number of benzene rings is 2. The van der Waals surface area contributed by atoms with Crippen molar-refractivity contribution in [1.82, 2.24) is 9.88 Å². The Morgan fingerprint density at radius 1 is 1.03 bits per heavy atom. The summed E-state index contributed by atoms with van der Waals surface area (Å²) in [6.07, 6.45) is 3.11. The van der Waals surface area contributed by atoms with Gasteiger partial charge in [0.05, 0.1) is 5.69 Å². The van der Waals surface area contributed by atoms with E-state index in [0.717, 1.165) is 21.4 Å². The molecule has 8 nitrogen and oxygen atoms in total. The van der Waals surface area contributed by atoms with Gasteiger partial charge in [0.25, 0.3) is 11.8 Å². The van der Waals surface area contributed by atoms with Crippen molar-refractivity contribution in [2.75, 3.05) is 4.90 Å². The van der Waals surface area contributed by atoms with Crippen LogP contribution in [0.1, 0.15) is 29.7 Å². The van der Waals surface area contributed by atoms with Crippen molar-refractivity contribution in [2.24, 2.45) is 0 Å². The van der Waals surface area contributed by atoms with Crippen LogP contribution in [0.5, 0.6) is 0 Å². The highest BCUT2D eigenvalue weighted by atomic mass is 16.4. The van der Waals surface area contributed by atoms with Crippen molar-refractivity contribution in [1.29, 1.82) is 0 Å². The van der Waals surface area contributed by atoms with Gasteiger partial charge >= 0.3 is 12.0 Å². The summed E-state index contributed by atoms with van der Waals surface area (Å²) in [5.74, 6) is -2.42. The topological polar surface area (TPSA) is 109 Å². The van der Waals surface area contributed by atoms with Gasteiger partial charge in [-0.25, -0.2) is 14.5 Å². The molecule has 2 heterocycles. The molecule has 0 aliphatic carbocycles. The fourth-order valence-corrected chi connectivity index (χ4v) is 3.87. The summed E-state index contributed by atoms with van der Waals surface area (Å²) in [6, 6.07) is 10.8. The van der Waals surface area contributed by atoms with Gasteiger partial charge in [-0.05, 0) is 73.9 Å². The molecule has 2 aromatic carbocycles. The van der Waals surface area contributed by atoms with Crippen LogP contribution < -0.4 is 10.2 Å². The number of aromatic nitrogens is 1. The van der Waals surface area contributed by atoms with Crippen LogP contribution in [-0.4, -0.2) is 33.5 Å². The third kappa shape index (κ3) is 3.66. The minimum atomic E-state index is -0.950. The van der Waals surface area contributed by atoms with Gasteiger partial charge in [0.1, 0.15) is 11.6 Å². The molecule has 4 rings (SSSR count). The standard InChI is InChI=1S/C24H21N3O5/c1-13-8-14(2)10-18(9-13)27-22(29)19(21(28)25-24(27)32)12-16-4-5-20-17(11-16)6-7-26(20)15(3)23(30)31/h4-12,15H,1-3H3,(H,30,31)(H,25,28,32)/b19-12+/t15-/m1/s1. The lowest BCUT2D eigenvalue weighted by Crippen LogP contribution is -2.54. The quantitative estimate of drug-likeness (QED) is 0.485. The van der Waals surface area contributed by atoms with E-state index in [1.54, 1.807) is 54.1 Å². The predicted molar refractivity (Wildman–Crippen MR) is 119 cm³/mol. The van der Waals surface area contributed by atoms with Gasteiger partial charge in [-0.15, -0.1) is 0 Å². The molecular formula is C24H21N3O5. The lowest BCUT2D eigenvalue weighted by atomic mass is 10.0. The lowest BCUT2D eigenvalue weighted by molar-refractivity contribution is -0.140. The highest BCUT2D eigenvalue weighted by Crippen LogP contribution is 2.26. The van der Waals surface area contributed by atoms with Crippen LogP contribution in [0, 0.1) is 13.8 Å². The number of anilines is 1. The van der Waals surface area contributed by atoms with Gasteiger partial charge < -0.3 is 9.67 Å². The molecule has 0 spiro atoms. The summed E-state index contributed by atoms with van der Waals surface area (Å²) in [6.45, 7) is 5.30. The summed E-state index contributed by atoms with van der Waals surface area (Å²) in [5, 5.41) is 12.3. The van der Waals surface area contributed by atoms with E-state index in [4.69, 9.17) is 0 Å². The van der Waals surface area contributed by atoms with Crippen LogP contribution in [0.2, 0.25) is 0 Å². The zero-order chi connectivity index (χ0) is 23.2. The summed E-state index contributed by atoms with van der Waals surface area (Å²) < 4.78 is 1.63. The van der Waals surface area contributed by atoms with Gasteiger partial charge in [0.2, 0.25) is 0 Å². The molecule has 3 aromatic rings. The Bertz CT molecular complexity index is 1310. The second-order valence-corrected chi connectivity index (χ2v) is 7.86. The fraction of sp³-hybridized carbons (Fsp3) is 0.167. The number of fused-ring (bicyclic) bond motifs is 1. The normalized spacial score (nSPS) is 16.5. The monoisotopic (exact) mass is 431 g/mol. The van der Waals surface area contributed by atoms with E-state index < -0.39 is 29.9 Å². The van der Waals surface area contributed by atoms with Gasteiger partial charge in [-0.1, -0.05) is 12.1 Å². The Morgan fingerprint density at radius 3 is 2.38 bits per heavy atom. The highest BCUT2D eigenvalue weighted by Gasteiger charge is 2.37. The number of nitrogens with one attached hydrogen (secondary N) is 1. The Hall–Kier alpha value is -4.20. The lowest BCUT2D eigenvalue weighted by Gasteiger charge is -2.27. The number of imide groups is 2.